The Hall–Kier alpha value is -1.32. The zero-order valence-electron chi connectivity index (χ0n) is 9.82. The minimum absolute atomic E-state index is 0.334. The fourth-order valence-corrected chi connectivity index (χ4v) is 2.44. The van der Waals surface area contributed by atoms with Crippen LogP contribution in [0.3, 0.4) is 0 Å². The van der Waals surface area contributed by atoms with Crippen LogP contribution in [-0.4, -0.2) is 16.0 Å². The molecule has 0 bridgehead atoms. The zero-order chi connectivity index (χ0) is 11.4. The first-order valence-electron chi connectivity index (χ1n) is 6.11. The molecule has 1 aliphatic carbocycles. The predicted octanol–water partition coefficient (Wildman–Crippen LogP) is 2.44. The molecule has 0 spiro atoms. The molecule has 0 aromatic carbocycles. The van der Waals surface area contributed by atoms with Gasteiger partial charge in [-0.05, 0) is 31.7 Å². The maximum Gasteiger partial charge on any atom is 0.221 e. The van der Waals surface area contributed by atoms with Crippen LogP contribution in [0.1, 0.15) is 39.0 Å². The van der Waals surface area contributed by atoms with Gasteiger partial charge in [-0.25, -0.2) is 4.98 Å². The zero-order valence-corrected chi connectivity index (χ0v) is 9.82. The lowest BCUT2D eigenvalue weighted by molar-refractivity contribution is 0.328. The minimum Gasteiger partial charge on any atom is -0.368 e. The van der Waals surface area contributed by atoms with Crippen molar-refractivity contribution in [3.63, 3.8) is 0 Å². The van der Waals surface area contributed by atoms with Crippen molar-refractivity contribution in [3.8, 4) is 0 Å². The molecule has 1 aliphatic rings. The molecule has 0 amide bonds. The van der Waals surface area contributed by atoms with Crippen molar-refractivity contribution in [2.75, 3.05) is 11.1 Å². The second-order valence-corrected chi connectivity index (χ2v) is 4.63. The van der Waals surface area contributed by atoms with Crippen molar-refractivity contribution in [3.05, 3.63) is 12.3 Å². The number of nitrogens with one attached hydrogen (secondary N) is 1. The van der Waals surface area contributed by atoms with Gasteiger partial charge < -0.3 is 11.1 Å². The van der Waals surface area contributed by atoms with Crippen LogP contribution >= 0.6 is 0 Å². The van der Waals surface area contributed by atoms with Gasteiger partial charge in [-0.1, -0.05) is 19.3 Å². The topological polar surface area (TPSA) is 63.8 Å². The van der Waals surface area contributed by atoms with E-state index in [0.29, 0.717) is 12.0 Å². The van der Waals surface area contributed by atoms with Gasteiger partial charge in [0.25, 0.3) is 0 Å². The first kappa shape index (κ1) is 11.2. The Bertz CT molecular complexity index is 334. The first-order valence-corrected chi connectivity index (χ1v) is 6.11. The van der Waals surface area contributed by atoms with Crippen molar-refractivity contribution in [2.24, 2.45) is 5.92 Å². The third-order valence-electron chi connectivity index (χ3n) is 3.41. The van der Waals surface area contributed by atoms with Crippen LogP contribution in [0.4, 0.5) is 11.8 Å². The molecule has 16 heavy (non-hydrogen) atoms. The number of anilines is 2. The molecule has 4 nitrogen and oxygen atoms in total. The number of aromatic nitrogens is 2. The summed E-state index contributed by atoms with van der Waals surface area (Å²) in [4.78, 5) is 8.05. The fourth-order valence-electron chi connectivity index (χ4n) is 2.44. The van der Waals surface area contributed by atoms with Crippen LogP contribution in [0.15, 0.2) is 12.3 Å². The number of rotatable bonds is 3. The van der Waals surface area contributed by atoms with E-state index in [-0.39, 0.29) is 0 Å². The Kier molecular flexibility index (Phi) is 3.59. The quantitative estimate of drug-likeness (QED) is 0.821. The summed E-state index contributed by atoms with van der Waals surface area (Å²) in [6.07, 6.45) is 8.47. The summed E-state index contributed by atoms with van der Waals surface area (Å²) >= 11 is 0. The summed E-state index contributed by atoms with van der Waals surface area (Å²) in [5.41, 5.74) is 5.55. The van der Waals surface area contributed by atoms with Crippen molar-refractivity contribution in [1.29, 1.82) is 0 Å². The van der Waals surface area contributed by atoms with Gasteiger partial charge >= 0.3 is 0 Å². The Balaban J connectivity index is 1.93. The first-order chi connectivity index (χ1) is 7.75. The van der Waals surface area contributed by atoms with Crippen LogP contribution in [-0.2, 0) is 0 Å². The minimum atomic E-state index is 0.334. The Morgan fingerprint density at radius 3 is 2.81 bits per heavy atom. The molecule has 4 heteroatoms. The SMILES string of the molecule is CC(Nc1ccnc(N)n1)C1CCCCC1. The number of nitrogen functional groups attached to an aromatic ring is 1. The highest BCUT2D eigenvalue weighted by molar-refractivity contribution is 5.38. The molecule has 0 radical (unpaired) electrons. The molecule has 0 aliphatic heterocycles. The highest BCUT2D eigenvalue weighted by Gasteiger charge is 2.19. The molecule has 1 heterocycles. The fraction of sp³-hybridized carbons (Fsp3) is 0.667. The highest BCUT2D eigenvalue weighted by atomic mass is 15.1. The molecular weight excluding hydrogens is 200 g/mol. The summed E-state index contributed by atoms with van der Waals surface area (Å²) in [6, 6.07) is 2.34. The number of hydrogen-bond acceptors (Lipinski definition) is 4. The number of nitrogens with zero attached hydrogens (tertiary/aromatic N) is 2. The Labute approximate surface area is 96.7 Å². The summed E-state index contributed by atoms with van der Waals surface area (Å²) in [7, 11) is 0. The van der Waals surface area contributed by atoms with Gasteiger partial charge in [-0.15, -0.1) is 0 Å². The average molecular weight is 220 g/mol. The normalized spacial score (nSPS) is 19.3. The van der Waals surface area contributed by atoms with Crippen LogP contribution in [0.25, 0.3) is 0 Å². The molecule has 0 saturated heterocycles. The molecule has 1 aromatic rings. The monoisotopic (exact) mass is 220 g/mol. The average Bonchev–Trinajstić information content (AvgIpc) is 2.30. The number of nitrogens with two attached hydrogens (primary N) is 1. The summed E-state index contributed by atoms with van der Waals surface area (Å²) in [6.45, 7) is 2.23. The van der Waals surface area contributed by atoms with Gasteiger partial charge in [0.2, 0.25) is 5.95 Å². The molecule has 2 rings (SSSR count). The van der Waals surface area contributed by atoms with Crippen molar-refractivity contribution < 1.29 is 0 Å². The standard InChI is InChI=1S/C12H20N4/c1-9(10-5-3-2-4-6-10)15-11-7-8-14-12(13)16-11/h7-10H,2-6H2,1H3,(H3,13,14,15,16). The Morgan fingerprint density at radius 2 is 2.12 bits per heavy atom. The van der Waals surface area contributed by atoms with E-state index in [1.807, 2.05) is 6.07 Å². The second-order valence-electron chi connectivity index (χ2n) is 4.63. The van der Waals surface area contributed by atoms with E-state index in [1.165, 1.54) is 32.1 Å². The maximum atomic E-state index is 5.55. The van der Waals surface area contributed by atoms with Gasteiger partial charge in [0, 0.05) is 12.2 Å². The Morgan fingerprint density at radius 1 is 1.38 bits per heavy atom. The van der Waals surface area contributed by atoms with E-state index in [4.69, 9.17) is 5.73 Å². The summed E-state index contributed by atoms with van der Waals surface area (Å²) in [5, 5.41) is 3.42. The van der Waals surface area contributed by atoms with E-state index < -0.39 is 0 Å². The smallest absolute Gasteiger partial charge is 0.221 e. The molecule has 88 valence electrons. The van der Waals surface area contributed by atoms with Crippen LogP contribution < -0.4 is 11.1 Å². The third kappa shape index (κ3) is 2.84. The lowest BCUT2D eigenvalue weighted by Crippen LogP contribution is -2.28. The summed E-state index contributed by atoms with van der Waals surface area (Å²) < 4.78 is 0. The molecule has 1 atom stereocenters. The molecule has 3 N–H and O–H groups in total. The van der Waals surface area contributed by atoms with Crippen molar-refractivity contribution in [1.82, 2.24) is 9.97 Å². The lowest BCUT2D eigenvalue weighted by atomic mass is 9.84. The van der Waals surface area contributed by atoms with Gasteiger partial charge in [0.15, 0.2) is 0 Å². The van der Waals surface area contributed by atoms with E-state index in [0.717, 1.165) is 11.7 Å². The van der Waals surface area contributed by atoms with E-state index in [9.17, 15) is 0 Å². The van der Waals surface area contributed by atoms with Crippen molar-refractivity contribution >= 4 is 11.8 Å². The third-order valence-corrected chi connectivity index (χ3v) is 3.41. The van der Waals surface area contributed by atoms with Gasteiger partial charge in [-0.2, -0.15) is 4.98 Å². The van der Waals surface area contributed by atoms with E-state index in [2.05, 4.69) is 22.2 Å². The molecular formula is C12H20N4. The predicted molar refractivity (Wildman–Crippen MR) is 66.1 cm³/mol. The summed E-state index contributed by atoms with van der Waals surface area (Å²) in [5.74, 6) is 1.94. The highest BCUT2D eigenvalue weighted by Crippen LogP contribution is 2.27. The van der Waals surface area contributed by atoms with Gasteiger partial charge in [0.05, 0.1) is 0 Å². The molecule has 1 fully saturated rings. The van der Waals surface area contributed by atoms with Gasteiger partial charge in [-0.3, -0.25) is 0 Å². The van der Waals surface area contributed by atoms with E-state index in [1.54, 1.807) is 6.20 Å². The molecule has 1 unspecified atom stereocenters. The molecule has 1 aromatic heterocycles. The molecule has 1 saturated carbocycles. The van der Waals surface area contributed by atoms with Crippen LogP contribution in [0.5, 0.6) is 0 Å². The van der Waals surface area contributed by atoms with Gasteiger partial charge in [0.1, 0.15) is 5.82 Å². The lowest BCUT2D eigenvalue weighted by Gasteiger charge is -2.28. The largest absolute Gasteiger partial charge is 0.368 e. The maximum absolute atomic E-state index is 5.55. The van der Waals surface area contributed by atoms with Crippen LogP contribution in [0, 0.1) is 5.92 Å². The number of hydrogen-bond donors (Lipinski definition) is 2. The van der Waals surface area contributed by atoms with Crippen LogP contribution in [0.2, 0.25) is 0 Å². The second kappa shape index (κ2) is 5.14. The van der Waals surface area contributed by atoms with E-state index >= 15 is 0 Å². The van der Waals surface area contributed by atoms with Crippen molar-refractivity contribution in [2.45, 2.75) is 45.1 Å².